The van der Waals surface area contributed by atoms with Gasteiger partial charge >= 0.3 is 11.9 Å². The van der Waals surface area contributed by atoms with Gasteiger partial charge in [0, 0.05) is 66.3 Å². The van der Waals surface area contributed by atoms with E-state index in [1.165, 1.54) is 19.4 Å². The molecule has 396 valence electrons. The average Bonchev–Trinajstić information content (AvgIpc) is 4.11. The zero-order valence-corrected chi connectivity index (χ0v) is 42.7. The molecule has 0 spiro atoms. The number of carbonyl (C=O) groups excluding carboxylic acids is 9. The number of urea groups is 1. The van der Waals surface area contributed by atoms with Gasteiger partial charge in [0.1, 0.15) is 42.3 Å². The van der Waals surface area contributed by atoms with Crippen LogP contribution in [0.25, 0.3) is 10.9 Å². The molecule has 24 nitrogen and oxygen atoms in total. The van der Waals surface area contributed by atoms with Crippen molar-refractivity contribution in [2.45, 2.75) is 114 Å². The molecule has 0 aliphatic carbocycles. The minimum absolute atomic E-state index is 0.0389. The maximum atomic E-state index is 14.6. The Morgan fingerprint density at radius 2 is 1.32 bits per heavy atom. The SMILES string of the molecule is CCCCC1NC(=O)N(C2CSSCC(C([NH3+])=O)NC(=O)C(Cc3c[nH]c4ccccc34)NC(=O)C(CCCN=C(N)N)NC(=O)C(Cc3ccccc3)NC(=O)C(Cc3cnc[nH]3)NC(=O)C(C)NC2=O)C1=O. The number of guanidine groups is 1. The summed E-state index contributed by atoms with van der Waals surface area (Å²) in [6.45, 7) is 3.36. The van der Waals surface area contributed by atoms with Gasteiger partial charge in [-0.05, 0) is 43.4 Å². The highest BCUT2D eigenvalue weighted by molar-refractivity contribution is 8.76. The molecule has 4 heterocycles. The lowest BCUT2D eigenvalue weighted by Crippen LogP contribution is -2.68. The van der Waals surface area contributed by atoms with E-state index in [1.807, 2.05) is 31.2 Å². The second-order valence-electron chi connectivity index (χ2n) is 17.9. The third kappa shape index (κ3) is 15.5. The average molecular weight is 1060 g/mol. The maximum Gasteiger partial charge on any atom is 0.332 e. The number of amides is 10. The minimum Gasteiger partial charge on any atom is -0.370 e. The number of quaternary nitrogens is 1. The van der Waals surface area contributed by atoms with Crippen LogP contribution in [0.4, 0.5) is 4.79 Å². The van der Waals surface area contributed by atoms with Crippen molar-refractivity contribution in [3.05, 3.63) is 90.1 Å². The molecule has 2 aromatic heterocycles. The van der Waals surface area contributed by atoms with E-state index in [0.717, 1.165) is 43.8 Å². The fraction of sp³-hybridized carbons (Fsp3) is 0.438. The number of rotatable bonds is 15. The van der Waals surface area contributed by atoms with Crippen molar-refractivity contribution in [2.24, 2.45) is 16.5 Å². The Hall–Kier alpha value is -7.45. The van der Waals surface area contributed by atoms with Crippen LogP contribution in [0.2, 0.25) is 0 Å². The molecule has 2 aliphatic rings. The van der Waals surface area contributed by atoms with Crippen molar-refractivity contribution in [3.8, 4) is 0 Å². The summed E-state index contributed by atoms with van der Waals surface area (Å²) in [5, 5.41) is 19.7. The van der Waals surface area contributed by atoms with Crippen molar-refractivity contribution in [2.75, 3.05) is 18.1 Å². The number of unbranched alkanes of at least 4 members (excludes halogenated alkanes) is 1. The van der Waals surface area contributed by atoms with Crippen molar-refractivity contribution in [1.82, 2.24) is 57.1 Å². The van der Waals surface area contributed by atoms with Crippen LogP contribution < -0.4 is 54.4 Å². The molecule has 2 aromatic carbocycles. The maximum absolute atomic E-state index is 14.6. The zero-order chi connectivity index (χ0) is 53.3. The third-order valence-electron chi connectivity index (χ3n) is 12.4. The molecular weight excluding hydrogens is 995 g/mol. The van der Waals surface area contributed by atoms with Crippen LogP contribution >= 0.6 is 21.6 Å². The molecule has 4 aromatic rings. The predicted octanol–water partition coefficient (Wildman–Crippen LogP) is -1.46. The first-order chi connectivity index (χ1) is 35.5. The summed E-state index contributed by atoms with van der Waals surface area (Å²) in [7, 11) is 2.08. The Morgan fingerprint density at radius 3 is 2.01 bits per heavy atom. The number of benzene rings is 2. The number of aliphatic imine (C=N–C) groups is 1. The Bertz CT molecular complexity index is 2670. The predicted molar refractivity (Wildman–Crippen MR) is 277 cm³/mol. The molecule has 0 bridgehead atoms. The number of aromatic nitrogens is 3. The summed E-state index contributed by atoms with van der Waals surface area (Å²) >= 11 is 0. The summed E-state index contributed by atoms with van der Waals surface area (Å²) in [5.74, 6) is -6.69. The molecule has 2 aliphatic heterocycles. The van der Waals surface area contributed by atoms with Crippen LogP contribution in [-0.4, -0.2) is 145 Å². The molecule has 26 heteroatoms. The van der Waals surface area contributed by atoms with Crippen molar-refractivity contribution in [1.29, 1.82) is 0 Å². The Kier molecular flexibility index (Phi) is 20.4. The fourth-order valence-electron chi connectivity index (χ4n) is 8.31. The number of imide groups is 1. The number of carbonyl (C=O) groups is 9. The number of hydrogen-bond acceptors (Lipinski definition) is 13. The molecule has 8 unspecified atom stereocenters. The van der Waals surface area contributed by atoms with Gasteiger partial charge in [-0.15, -0.1) is 0 Å². The van der Waals surface area contributed by atoms with Crippen molar-refractivity contribution >= 4 is 91.7 Å². The molecule has 0 radical (unpaired) electrons. The number of nitrogens with zero attached hydrogens (tertiary/aromatic N) is 3. The van der Waals surface area contributed by atoms with Crippen LogP contribution in [0.5, 0.6) is 0 Å². The minimum atomic E-state index is -1.46. The van der Waals surface area contributed by atoms with E-state index in [0.29, 0.717) is 29.7 Å². The van der Waals surface area contributed by atoms with Crippen LogP contribution in [0.3, 0.4) is 0 Å². The van der Waals surface area contributed by atoms with Crippen molar-refractivity contribution in [3.63, 3.8) is 0 Å². The summed E-state index contributed by atoms with van der Waals surface area (Å²) in [5.41, 5.74) is 17.2. The second kappa shape index (κ2) is 27.0. The Morgan fingerprint density at radius 1 is 0.703 bits per heavy atom. The van der Waals surface area contributed by atoms with Gasteiger partial charge in [-0.1, -0.05) is 89.9 Å². The van der Waals surface area contributed by atoms with Gasteiger partial charge in [0.15, 0.2) is 12.0 Å². The molecule has 10 amide bonds. The van der Waals surface area contributed by atoms with E-state index < -0.39 is 102 Å². The number of imidazole rings is 1. The normalized spacial score (nSPS) is 24.2. The number of H-pyrrole nitrogens is 2. The smallest absolute Gasteiger partial charge is 0.332 e. The van der Waals surface area contributed by atoms with Crippen LogP contribution in [0.15, 0.2) is 78.3 Å². The largest absolute Gasteiger partial charge is 0.370 e. The third-order valence-corrected chi connectivity index (χ3v) is 14.8. The lowest BCUT2D eigenvalue weighted by atomic mass is 10.0. The van der Waals surface area contributed by atoms with Gasteiger partial charge in [-0.2, -0.15) is 0 Å². The number of fused-ring (bicyclic) bond motifs is 1. The standard InChI is InChI=1S/C48H63N15O9S2/c1-3-4-14-33-46(71)63(48(72)62-33)38-24-74-73-23-37(39(49)64)61-43(68)35(19-28-21-54-31-15-9-8-13-30(28)31)60-41(66)32(16-10-17-53-47(50)51)57-42(67)34(18-27-11-6-5-7-12-27)59-44(69)36(20-29-22-52-25-55-29)58-40(65)26(2)56-45(38)70/h5-9,11-13,15,21-22,25-26,32-38,54H,3-4,10,14,16-20,23-24H2,1-2H3,(H2,49,64)(H,52,55)(H,56,70)(H,57,67)(H,58,65)(H,59,69)(H,60,66)(H,61,68)(H,62,72)(H4,50,51,53)/p+1. The molecule has 16 N–H and O–H groups in total. The number of hydrogen-bond donors (Lipinski definition) is 12. The summed E-state index contributed by atoms with van der Waals surface area (Å²) < 4.78 is 0. The lowest BCUT2D eigenvalue weighted by molar-refractivity contribution is -0.307. The summed E-state index contributed by atoms with van der Waals surface area (Å²) in [6.07, 6.45) is 6.05. The fourth-order valence-corrected chi connectivity index (χ4v) is 10.7. The summed E-state index contributed by atoms with van der Waals surface area (Å²) in [4.78, 5) is 142. The quantitative estimate of drug-likeness (QED) is 0.0213. The zero-order valence-electron chi connectivity index (χ0n) is 41.0. The molecule has 0 saturated carbocycles. The van der Waals surface area contributed by atoms with Gasteiger partial charge in [0.25, 0.3) is 5.91 Å². The number of aromatic amines is 2. The second-order valence-corrected chi connectivity index (χ2v) is 20.5. The molecule has 2 fully saturated rings. The van der Waals surface area contributed by atoms with Crippen LogP contribution in [-0.2, 0) is 57.6 Å². The van der Waals surface area contributed by atoms with Gasteiger partial charge < -0.3 is 58.7 Å². The summed E-state index contributed by atoms with van der Waals surface area (Å²) in [6, 6.07) is 4.90. The van der Waals surface area contributed by atoms with Crippen molar-refractivity contribution < 1.29 is 48.9 Å². The van der Waals surface area contributed by atoms with E-state index in [-0.39, 0.29) is 56.1 Å². The van der Waals surface area contributed by atoms with Crippen LogP contribution in [0, 0.1) is 0 Å². The van der Waals surface area contributed by atoms with E-state index in [1.54, 1.807) is 36.5 Å². The van der Waals surface area contributed by atoms with E-state index in [4.69, 9.17) is 11.5 Å². The number of nitrogens with one attached hydrogen (secondary N) is 9. The van der Waals surface area contributed by atoms with Gasteiger partial charge in [0.2, 0.25) is 35.4 Å². The van der Waals surface area contributed by atoms with E-state index >= 15 is 0 Å². The lowest BCUT2D eigenvalue weighted by Gasteiger charge is -2.27. The highest BCUT2D eigenvalue weighted by Gasteiger charge is 2.45. The highest BCUT2D eigenvalue weighted by atomic mass is 33.1. The molecule has 8 atom stereocenters. The topological polar surface area (TPSA) is 378 Å². The number of nitrogens with two attached hydrogens (primary N) is 2. The molecule has 6 rings (SSSR count). The molecular formula is C48H64N15O9S2+. The van der Waals surface area contributed by atoms with Crippen LogP contribution in [0.1, 0.15) is 62.8 Å². The van der Waals surface area contributed by atoms with Gasteiger partial charge in [-0.3, -0.25) is 44.3 Å². The first-order valence-corrected chi connectivity index (χ1v) is 26.7. The number of para-hydroxylation sites is 1. The molecule has 74 heavy (non-hydrogen) atoms. The molecule has 2 saturated heterocycles. The Balaban J connectivity index is 1.39. The Labute approximate surface area is 434 Å². The first-order valence-electron chi connectivity index (χ1n) is 24.2. The van der Waals surface area contributed by atoms with Gasteiger partial charge in [-0.25, -0.2) is 19.5 Å². The first kappa shape index (κ1) is 55.9. The van der Waals surface area contributed by atoms with Gasteiger partial charge in [0.05, 0.1) is 6.33 Å². The van der Waals surface area contributed by atoms with E-state index in [2.05, 4.69) is 62.9 Å². The van der Waals surface area contributed by atoms with E-state index in [9.17, 15) is 43.2 Å². The monoisotopic (exact) mass is 1060 g/mol. The highest BCUT2D eigenvalue weighted by Crippen LogP contribution is 2.27.